The minimum absolute atomic E-state index is 0.0466. The van der Waals surface area contributed by atoms with Crippen LogP contribution in [0.1, 0.15) is 43.6 Å². The largest absolute Gasteiger partial charge is 0.351 e. The van der Waals surface area contributed by atoms with Crippen LogP contribution in [0.15, 0.2) is 17.2 Å². The average Bonchev–Trinajstić information content (AvgIpc) is 2.78. The number of rotatable bonds is 7. The molecule has 0 atom stereocenters. The zero-order valence-corrected chi connectivity index (χ0v) is 12.7. The Kier molecular flexibility index (Phi) is 5.87. The van der Waals surface area contributed by atoms with E-state index in [1.54, 1.807) is 4.57 Å². The number of aromatic nitrogens is 1. The Hall–Kier alpha value is -1.01. The Bertz CT molecular complexity index is 537. The van der Waals surface area contributed by atoms with Crippen molar-refractivity contribution in [2.45, 2.75) is 44.6 Å². The number of hydrogen-bond donors (Lipinski definition) is 1. The van der Waals surface area contributed by atoms with Gasteiger partial charge in [0, 0.05) is 30.0 Å². The molecule has 0 radical (unpaired) electrons. The van der Waals surface area contributed by atoms with Crippen LogP contribution in [0.25, 0.3) is 0 Å². The summed E-state index contributed by atoms with van der Waals surface area (Å²) in [5.74, 6) is -0.274. The first kappa shape index (κ1) is 16.0. The van der Waals surface area contributed by atoms with Gasteiger partial charge in [-0.2, -0.15) is 0 Å². The van der Waals surface area contributed by atoms with Gasteiger partial charge in [0.25, 0.3) is 15.0 Å². The molecule has 0 aliphatic carbocycles. The molecule has 5 nitrogen and oxygen atoms in total. The van der Waals surface area contributed by atoms with Gasteiger partial charge in [0.2, 0.25) is 0 Å². The van der Waals surface area contributed by atoms with Gasteiger partial charge in [-0.15, -0.1) is 0 Å². The quantitative estimate of drug-likeness (QED) is 0.621. The van der Waals surface area contributed by atoms with Crippen molar-refractivity contribution in [2.75, 3.05) is 6.54 Å². The summed E-state index contributed by atoms with van der Waals surface area (Å²) in [5, 5.41) is 2.78. The fourth-order valence-electron chi connectivity index (χ4n) is 1.74. The number of halogens is 1. The lowest BCUT2D eigenvalue weighted by Crippen LogP contribution is -2.26. The van der Waals surface area contributed by atoms with Crippen molar-refractivity contribution in [1.82, 2.24) is 9.88 Å². The highest BCUT2D eigenvalue weighted by molar-refractivity contribution is 8.13. The van der Waals surface area contributed by atoms with E-state index in [1.807, 2.05) is 6.92 Å². The van der Waals surface area contributed by atoms with E-state index >= 15 is 0 Å². The number of nitrogens with zero attached hydrogens (tertiary/aromatic N) is 1. The van der Waals surface area contributed by atoms with Crippen molar-refractivity contribution in [3.8, 4) is 0 Å². The van der Waals surface area contributed by atoms with E-state index in [2.05, 4.69) is 12.2 Å². The van der Waals surface area contributed by atoms with Gasteiger partial charge in [-0.1, -0.05) is 19.8 Å². The third-order valence-electron chi connectivity index (χ3n) is 2.79. The Morgan fingerprint density at radius 2 is 2.05 bits per heavy atom. The molecule has 0 unspecified atom stereocenters. The monoisotopic (exact) mass is 306 g/mol. The smallest absolute Gasteiger partial charge is 0.267 e. The molecule has 1 aromatic rings. The molecule has 0 fully saturated rings. The van der Waals surface area contributed by atoms with Gasteiger partial charge >= 0.3 is 0 Å². The molecule has 0 aromatic carbocycles. The van der Waals surface area contributed by atoms with Crippen LogP contribution in [0.3, 0.4) is 0 Å². The molecular weight excluding hydrogens is 288 g/mol. The highest BCUT2D eigenvalue weighted by Gasteiger charge is 2.18. The molecule has 1 heterocycles. The second-order valence-electron chi connectivity index (χ2n) is 4.25. The number of unbranched alkanes of at least 4 members (excludes halogenated alkanes) is 2. The topological polar surface area (TPSA) is 68.2 Å². The zero-order valence-electron chi connectivity index (χ0n) is 11.1. The molecule has 0 saturated heterocycles. The lowest BCUT2D eigenvalue weighted by Gasteiger charge is -2.07. The Morgan fingerprint density at radius 1 is 1.37 bits per heavy atom. The molecule has 0 saturated carbocycles. The summed E-state index contributed by atoms with van der Waals surface area (Å²) in [5.41, 5.74) is 0.318. The van der Waals surface area contributed by atoms with E-state index in [9.17, 15) is 13.2 Å². The minimum Gasteiger partial charge on any atom is -0.351 e. The van der Waals surface area contributed by atoms with Crippen LogP contribution in [-0.2, 0) is 15.6 Å². The van der Waals surface area contributed by atoms with Crippen molar-refractivity contribution in [3.63, 3.8) is 0 Å². The van der Waals surface area contributed by atoms with Crippen LogP contribution in [0.2, 0.25) is 0 Å². The van der Waals surface area contributed by atoms with E-state index in [1.165, 1.54) is 12.3 Å². The molecule has 0 spiro atoms. The van der Waals surface area contributed by atoms with Gasteiger partial charge in [-0.05, 0) is 19.4 Å². The van der Waals surface area contributed by atoms with Crippen LogP contribution in [0, 0.1) is 0 Å². The third kappa shape index (κ3) is 4.54. The molecule has 1 amide bonds. The van der Waals surface area contributed by atoms with Crippen molar-refractivity contribution >= 4 is 25.6 Å². The summed E-state index contributed by atoms with van der Waals surface area (Å²) in [6, 6.07) is 1.31. The second-order valence-corrected chi connectivity index (χ2v) is 6.81. The van der Waals surface area contributed by atoms with E-state index in [-0.39, 0.29) is 10.8 Å². The fourth-order valence-corrected chi connectivity index (χ4v) is 2.50. The highest BCUT2D eigenvalue weighted by Crippen LogP contribution is 2.18. The maximum absolute atomic E-state index is 12.0. The molecule has 1 aromatic heterocycles. The molecule has 19 heavy (non-hydrogen) atoms. The molecular formula is C12H19ClN2O3S. The van der Waals surface area contributed by atoms with Crippen LogP contribution < -0.4 is 5.32 Å². The molecule has 1 N–H and O–H groups in total. The first-order valence-electron chi connectivity index (χ1n) is 6.33. The van der Waals surface area contributed by atoms with Crippen molar-refractivity contribution in [3.05, 3.63) is 18.0 Å². The van der Waals surface area contributed by atoms with Gasteiger partial charge in [-0.25, -0.2) is 8.42 Å². The first-order valence-corrected chi connectivity index (χ1v) is 8.64. The van der Waals surface area contributed by atoms with E-state index in [0.717, 1.165) is 19.3 Å². The molecule has 0 bridgehead atoms. The second kappa shape index (κ2) is 6.96. The Morgan fingerprint density at radius 3 is 2.58 bits per heavy atom. The highest BCUT2D eigenvalue weighted by atomic mass is 35.7. The zero-order chi connectivity index (χ0) is 14.5. The average molecular weight is 307 g/mol. The summed E-state index contributed by atoms with van der Waals surface area (Å²) in [6.07, 6.45) is 4.42. The first-order chi connectivity index (χ1) is 8.90. The van der Waals surface area contributed by atoms with Gasteiger partial charge in [0.05, 0.1) is 0 Å². The Labute approximate surface area is 118 Å². The third-order valence-corrected chi connectivity index (χ3v) is 4.11. The number of carbonyl (C=O) groups is 1. The van der Waals surface area contributed by atoms with Crippen LogP contribution in [0.5, 0.6) is 0 Å². The number of hydrogen-bond acceptors (Lipinski definition) is 3. The van der Waals surface area contributed by atoms with Gasteiger partial charge in [-0.3, -0.25) is 4.79 Å². The van der Waals surface area contributed by atoms with E-state index < -0.39 is 9.05 Å². The minimum atomic E-state index is -3.81. The summed E-state index contributed by atoms with van der Waals surface area (Å²) in [7, 11) is 1.47. The molecule has 0 aliphatic rings. The standard InChI is InChI=1S/C12H19ClN2O3S/c1-3-5-6-7-14-12(16)11-8-10(19(13,17)18)9-15(11)4-2/h8-9H,3-7H2,1-2H3,(H,14,16). The van der Waals surface area contributed by atoms with Crippen LogP contribution in [0.4, 0.5) is 0 Å². The maximum Gasteiger partial charge on any atom is 0.267 e. The molecule has 7 heteroatoms. The maximum atomic E-state index is 12.0. The number of aryl methyl sites for hydroxylation is 1. The normalized spacial score (nSPS) is 11.5. The van der Waals surface area contributed by atoms with Gasteiger partial charge < -0.3 is 9.88 Å². The molecule has 0 aliphatic heterocycles. The molecule has 1 rings (SSSR count). The predicted molar refractivity (Wildman–Crippen MR) is 75.0 cm³/mol. The summed E-state index contributed by atoms with van der Waals surface area (Å²) in [6.45, 7) is 5.01. The van der Waals surface area contributed by atoms with Gasteiger partial charge in [0.15, 0.2) is 0 Å². The number of nitrogens with one attached hydrogen (secondary N) is 1. The summed E-state index contributed by atoms with van der Waals surface area (Å²) >= 11 is 0. The van der Waals surface area contributed by atoms with Crippen molar-refractivity contribution < 1.29 is 13.2 Å². The predicted octanol–water partition coefficient (Wildman–Crippen LogP) is 2.36. The Balaban J connectivity index is 2.81. The number of carbonyl (C=O) groups excluding carboxylic acids is 1. The van der Waals surface area contributed by atoms with Crippen LogP contribution >= 0.6 is 10.7 Å². The summed E-state index contributed by atoms with van der Waals surface area (Å²) < 4.78 is 24.1. The summed E-state index contributed by atoms with van der Waals surface area (Å²) in [4.78, 5) is 11.9. The van der Waals surface area contributed by atoms with E-state index in [4.69, 9.17) is 10.7 Å². The lowest BCUT2D eigenvalue weighted by atomic mass is 10.2. The van der Waals surface area contributed by atoms with Crippen molar-refractivity contribution in [2.24, 2.45) is 0 Å². The van der Waals surface area contributed by atoms with Crippen LogP contribution in [-0.4, -0.2) is 25.4 Å². The van der Waals surface area contributed by atoms with E-state index in [0.29, 0.717) is 18.8 Å². The molecule has 108 valence electrons. The lowest BCUT2D eigenvalue weighted by molar-refractivity contribution is 0.0944. The van der Waals surface area contributed by atoms with Gasteiger partial charge in [0.1, 0.15) is 10.6 Å². The number of amides is 1. The van der Waals surface area contributed by atoms with Crippen molar-refractivity contribution in [1.29, 1.82) is 0 Å². The fraction of sp³-hybridized carbons (Fsp3) is 0.583. The SMILES string of the molecule is CCCCCNC(=O)c1cc(S(=O)(=O)Cl)cn1CC.